The highest BCUT2D eigenvalue weighted by Crippen LogP contribution is 2.22. The van der Waals surface area contributed by atoms with Crippen molar-refractivity contribution >= 4 is 0 Å². The molecule has 2 saturated heterocycles. The summed E-state index contributed by atoms with van der Waals surface area (Å²) >= 11 is 0. The second-order valence-electron chi connectivity index (χ2n) is 5.99. The number of aryl methyl sites for hydroxylation is 2. The molecule has 0 atom stereocenters. The fraction of sp³-hybridized carbons (Fsp3) is 0.786. The normalized spacial score (nSPS) is 23.7. The zero-order valence-corrected chi connectivity index (χ0v) is 12.2. The molecule has 1 aromatic rings. The van der Waals surface area contributed by atoms with E-state index in [2.05, 4.69) is 26.9 Å². The molecule has 0 bridgehead atoms. The van der Waals surface area contributed by atoms with Crippen molar-refractivity contribution in [1.82, 2.24) is 19.9 Å². The molecule has 0 unspecified atom stereocenters. The first-order valence-corrected chi connectivity index (χ1v) is 7.20. The van der Waals surface area contributed by atoms with Crippen LogP contribution in [0.1, 0.15) is 17.0 Å². The Bertz CT molecular complexity index is 411. The van der Waals surface area contributed by atoms with Gasteiger partial charge in [0.15, 0.2) is 0 Å². The molecule has 0 saturated carbocycles. The Hall–Kier alpha value is -0.910. The summed E-state index contributed by atoms with van der Waals surface area (Å²) in [6, 6.07) is 0.758. The van der Waals surface area contributed by atoms with Gasteiger partial charge in [-0.3, -0.25) is 9.80 Å². The quantitative estimate of drug-likeness (QED) is 0.804. The molecule has 0 aliphatic carbocycles. The monoisotopic (exact) mass is 264 g/mol. The van der Waals surface area contributed by atoms with Crippen molar-refractivity contribution in [2.24, 2.45) is 0 Å². The Morgan fingerprint density at radius 2 is 1.84 bits per heavy atom. The Balaban J connectivity index is 1.48. The van der Waals surface area contributed by atoms with Crippen molar-refractivity contribution in [3.8, 4) is 0 Å². The lowest BCUT2D eigenvalue weighted by molar-refractivity contribution is 0.00519. The molecule has 0 spiro atoms. The topological polar surface area (TPSA) is 35.8 Å². The Morgan fingerprint density at radius 3 is 2.42 bits per heavy atom. The third-order valence-electron chi connectivity index (χ3n) is 4.56. The molecule has 0 amide bonds. The molecule has 0 aromatic carbocycles. The number of likely N-dealkylation sites (N-methyl/N-ethyl adjacent to an activating group) is 1. The molecule has 19 heavy (non-hydrogen) atoms. The summed E-state index contributed by atoms with van der Waals surface area (Å²) in [6.45, 7) is 12.3. The molecule has 1 aromatic heterocycles. The smallest absolute Gasteiger partial charge is 0.138 e. The van der Waals surface area contributed by atoms with Gasteiger partial charge >= 0.3 is 0 Å². The standard InChI is InChI=1S/C14H24N4O/c1-11-14(12(2)19-15-11)10-17-8-13(9-17)18-6-4-16(3)5-7-18/h13H,4-10H2,1-3H3. The van der Waals surface area contributed by atoms with Gasteiger partial charge < -0.3 is 9.42 Å². The van der Waals surface area contributed by atoms with E-state index in [4.69, 9.17) is 4.52 Å². The van der Waals surface area contributed by atoms with Gasteiger partial charge in [0.25, 0.3) is 0 Å². The molecule has 0 N–H and O–H groups in total. The van der Waals surface area contributed by atoms with Crippen LogP contribution in [-0.4, -0.2) is 72.2 Å². The van der Waals surface area contributed by atoms with Crippen molar-refractivity contribution in [3.05, 3.63) is 17.0 Å². The molecule has 2 aliphatic heterocycles. The predicted molar refractivity (Wildman–Crippen MR) is 74.1 cm³/mol. The second-order valence-corrected chi connectivity index (χ2v) is 5.99. The van der Waals surface area contributed by atoms with Gasteiger partial charge in [-0.15, -0.1) is 0 Å². The van der Waals surface area contributed by atoms with Gasteiger partial charge in [0.2, 0.25) is 0 Å². The second kappa shape index (κ2) is 5.23. The van der Waals surface area contributed by atoms with Crippen molar-refractivity contribution in [2.75, 3.05) is 46.3 Å². The van der Waals surface area contributed by atoms with Crippen LogP contribution in [0.4, 0.5) is 0 Å². The lowest BCUT2D eigenvalue weighted by atomic mass is 10.0. The van der Waals surface area contributed by atoms with Crippen molar-refractivity contribution < 1.29 is 4.52 Å². The number of piperazine rings is 1. The van der Waals surface area contributed by atoms with Gasteiger partial charge in [-0.25, -0.2) is 0 Å². The van der Waals surface area contributed by atoms with Gasteiger partial charge in [0.1, 0.15) is 5.76 Å². The molecule has 5 heteroatoms. The van der Waals surface area contributed by atoms with E-state index in [9.17, 15) is 0 Å². The summed E-state index contributed by atoms with van der Waals surface area (Å²) in [5, 5.41) is 4.03. The highest BCUT2D eigenvalue weighted by atomic mass is 16.5. The Labute approximate surface area is 115 Å². The molecule has 2 aliphatic rings. The van der Waals surface area contributed by atoms with Crippen LogP contribution in [0.5, 0.6) is 0 Å². The van der Waals surface area contributed by atoms with Crippen LogP contribution in [0.2, 0.25) is 0 Å². The number of rotatable bonds is 3. The van der Waals surface area contributed by atoms with Crippen LogP contribution in [0.3, 0.4) is 0 Å². The largest absolute Gasteiger partial charge is 0.361 e. The summed E-state index contributed by atoms with van der Waals surface area (Å²) in [5.41, 5.74) is 2.32. The molecule has 5 nitrogen and oxygen atoms in total. The van der Waals surface area contributed by atoms with Gasteiger partial charge in [0, 0.05) is 57.4 Å². The van der Waals surface area contributed by atoms with Crippen LogP contribution in [0.25, 0.3) is 0 Å². The SMILES string of the molecule is Cc1noc(C)c1CN1CC(N2CCN(C)CC2)C1. The number of hydrogen-bond donors (Lipinski definition) is 0. The first-order chi connectivity index (χ1) is 9.13. The van der Waals surface area contributed by atoms with E-state index in [0.717, 1.165) is 24.0 Å². The third-order valence-corrected chi connectivity index (χ3v) is 4.56. The third kappa shape index (κ3) is 2.68. The number of nitrogens with zero attached hydrogens (tertiary/aromatic N) is 4. The maximum atomic E-state index is 5.23. The fourth-order valence-electron chi connectivity index (χ4n) is 3.04. The zero-order valence-electron chi connectivity index (χ0n) is 12.2. The first kappa shape index (κ1) is 13.1. The number of hydrogen-bond acceptors (Lipinski definition) is 5. The number of likely N-dealkylation sites (tertiary alicyclic amines) is 1. The predicted octanol–water partition coefficient (Wildman–Crippen LogP) is 0.723. The summed E-state index contributed by atoms with van der Waals surface area (Å²) < 4.78 is 5.23. The molecule has 106 valence electrons. The lowest BCUT2D eigenvalue weighted by Crippen LogP contribution is -2.62. The van der Waals surface area contributed by atoms with Crippen LogP contribution in [0.15, 0.2) is 4.52 Å². The summed E-state index contributed by atoms with van der Waals surface area (Å²) in [6.07, 6.45) is 0. The fourth-order valence-corrected chi connectivity index (χ4v) is 3.04. The van der Waals surface area contributed by atoms with Crippen molar-refractivity contribution in [1.29, 1.82) is 0 Å². The maximum absolute atomic E-state index is 5.23. The van der Waals surface area contributed by atoms with Gasteiger partial charge in [0.05, 0.1) is 5.69 Å². The number of aromatic nitrogens is 1. The van der Waals surface area contributed by atoms with Gasteiger partial charge in [-0.2, -0.15) is 0 Å². The molecular formula is C14H24N4O. The Morgan fingerprint density at radius 1 is 1.16 bits per heavy atom. The van der Waals surface area contributed by atoms with E-state index < -0.39 is 0 Å². The van der Waals surface area contributed by atoms with Gasteiger partial charge in [-0.05, 0) is 20.9 Å². The maximum Gasteiger partial charge on any atom is 0.138 e. The summed E-state index contributed by atoms with van der Waals surface area (Å²) in [4.78, 5) is 7.55. The summed E-state index contributed by atoms with van der Waals surface area (Å²) in [7, 11) is 2.21. The van der Waals surface area contributed by atoms with E-state index in [1.807, 2.05) is 13.8 Å². The molecule has 0 radical (unpaired) electrons. The van der Waals surface area contributed by atoms with E-state index >= 15 is 0 Å². The first-order valence-electron chi connectivity index (χ1n) is 7.20. The van der Waals surface area contributed by atoms with E-state index in [1.165, 1.54) is 44.8 Å². The average molecular weight is 264 g/mol. The summed E-state index contributed by atoms with van der Waals surface area (Å²) in [5.74, 6) is 0.973. The van der Waals surface area contributed by atoms with Crippen molar-refractivity contribution in [2.45, 2.75) is 26.4 Å². The lowest BCUT2D eigenvalue weighted by Gasteiger charge is -2.47. The van der Waals surface area contributed by atoms with Crippen LogP contribution in [-0.2, 0) is 6.54 Å². The molecule has 2 fully saturated rings. The van der Waals surface area contributed by atoms with Crippen LogP contribution >= 0.6 is 0 Å². The van der Waals surface area contributed by atoms with E-state index in [-0.39, 0.29) is 0 Å². The minimum absolute atomic E-state index is 0.758. The molecule has 3 heterocycles. The van der Waals surface area contributed by atoms with E-state index in [0.29, 0.717) is 0 Å². The highest BCUT2D eigenvalue weighted by molar-refractivity contribution is 5.21. The van der Waals surface area contributed by atoms with Crippen molar-refractivity contribution in [3.63, 3.8) is 0 Å². The van der Waals surface area contributed by atoms with Crippen LogP contribution in [0, 0.1) is 13.8 Å². The van der Waals surface area contributed by atoms with E-state index in [1.54, 1.807) is 0 Å². The molecule has 3 rings (SSSR count). The highest BCUT2D eigenvalue weighted by Gasteiger charge is 2.33. The minimum Gasteiger partial charge on any atom is -0.361 e. The average Bonchev–Trinajstić information content (AvgIpc) is 2.66. The van der Waals surface area contributed by atoms with Crippen LogP contribution < -0.4 is 0 Å². The molecular weight excluding hydrogens is 240 g/mol. The minimum atomic E-state index is 0.758. The Kier molecular flexibility index (Phi) is 3.60. The zero-order chi connectivity index (χ0) is 13.4. The van der Waals surface area contributed by atoms with Gasteiger partial charge in [-0.1, -0.05) is 5.16 Å².